The van der Waals surface area contributed by atoms with E-state index in [4.69, 9.17) is 0 Å². The summed E-state index contributed by atoms with van der Waals surface area (Å²) in [5, 5.41) is 15.9. The van der Waals surface area contributed by atoms with Gasteiger partial charge < -0.3 is 14.8 Å². The van der Waals surface area contributed by atoms with Gasteiger partial charge in [-0.15, -0.1) is 10.2 Å². The van der Waals surface area contributed by atoms with Crippen LogP contribution >= 0.6 is 0 Å². The first kappa shape index (κ1) is 18.8. The predicted octanol–water partition coefficient (Wildman–Crippen LogP) is 3.70. The second-order valence-electron chi connectivity index (χ2n) is 7.84. The lowest BCUT2D eigenvalue weighted by atomic mass is 10.0. The number of hydrogen-bond donors (Lipinski definition) is 1. The van der Waals surface area contributed by atoms with Gasteiger partial charge in [-0.25, -0.2) is 13.9 Å². The second kappa shape index (κ2) is 7.89. The quantitative estimate of drug-likeness (QED) is 0.715. The van der Waals surface area contributed by atoms with Crippen LogP contribution in [0.2, 0.25) is 0 Å². The number of carbonyl (C=O) groups is 1. The average molecular weight is 409 g/mol. The van der Waals surface area contributed by atoms with E-state index >= 15 is 0 Å². The molecule has 0 radical (unpaired) electrons. The molecule has 0 spiro atoms. The molecule has 2 aliphatic heterocycles. The zero-order chi connectivity index (χ0) is 20.5. The molecule has 1 aromatic carbocycles. The van der Waals surface area contributed by atoms with Gasteiger partial charge in [0.1, 0.15) is 17.3 Å². The molecule has 4 heterocycles. The largest absolute Gasteiger partial charge is 0.322 e. The van der Waals surface area contributed by atoms with E-state index in [2.05, 4.69) is 25.2 Å². The number of carbonyl (C=O) groups excluding carboxylic acids is 1. The van der Waals surface area contributed by atoms with Gasteiger partial charge in [-0.2, -0.15) is 5.10 Å². The number of amides is 2. The fraction of sp³-hybridized carbons (Fsp3) is 0.429. The van der Waals surface area contributed by atoms with Crippen LogP contribution in [0, 0.1) is 5.82 Å². The zero-order valence-corrected chi connectivity index (χ0v) is 16.7. The summed E-state index contributed by atoms with van der Waals surface area (Å²) in [6, 6.07) is 6.12. The van der Waals surface area contributed by atoms with Crippen molar-refractivity contribution < 1.29 is 9.18 Å². The summed E-state index contributed by atoms with van der Waals surface area (Å²) in [7, 11) is 0. The van der Waals surface area contributed by atoms with Crippen LogP contribution in [0.15, 0.2) is 36.7 Å². The van der Waals surface area contributed by atoms with Crippen LogP contribution in [0.25, 0.3) is 5.69 Å². The summed E-state index contributed by atoms with van der Waals surface area (Å²) in [5.74, 6) is 1.54. The molecular formula is C21H24FN7O. The van der Waals surface area contributed by atoms with Gasteiger partial charge >= 0.3 is 6.03 Å². The lowest BCUT2D eigenvalue weighted by Gasteiger charge is -2.35. The van der Waals surface area contributed by atoms with Gasteiger partial charge in [0.15, 0.2) is 5.82 Å². The van der Waals surface area contributed by atoms with E-state index in [0.717, 1.165) is 56.7 Å². The highest BCUT2D eigenvalue weighted by atomic mass is 19.1. The topological polar surface area (TPSA) is 80.9 Å². The molecule has 3 aromatic rings. The molecule has 0 bridgehead atoms. The van der Waals surface area contributed by atoms with E-state index in [-0.39, 0.29) is 17.9 Å². The van der Waals surface area contributed by atoms with Crippen molar-refractivity contribution >= 4 is 11.7 Å². The number of urea groups is 1. The van der Waals surface area contributed by atoms with Crippen LogP contribution in [0.4, 0.5) is 14.9 Å². The standard InChI is InChI=1S/C21H24FN7O/c22-16-7-1-2-8-17(16)29-14-15(13-23-29)24-21(30)27-11-5-3-9-18(27)20-26-25-19-10-4-6-12-28(19)20/h1-2,7-8,13-14,18H,3-6,9-12H2,(H,24,30). The Morgan fingerprint density at radius 3 is 2.87 bits per heavy atom. The molecule has 2 amide bonds. The van der Waals surface area contributed by atoms with Crippen LogP contribution in [-0.2, 0) is 13.0 Å². The van der Waals surface area contributed by atoms with Crippen molar-refractivity contribution in [3.8, 4) is 5.69 Å². The van der Waals surface area contributed by atoms with Crippen molar-refractivity contribution in [1.29, 1.82) is 0 Å². The molecule has 9 heteroatoms. The van der Waals surface area contributed by atoms with Gasteiger partial charge in [0, 0.05) is 19.5 Å². The Labute approximate surface area is 173 Å². The molecule has 2 aliphatic rings. The number of nitrogens with one attached hydrogen (secondary N) is 1. The lowest BCUT2D eigenvalue weighted by Crippen LogP contribution is -2.42. The summed E-state index contributed by atoms with van der Waals surface area (Å²) >= 11 is 0. The fourth-order valence-corrected chi connectivity index (χ4v) is 4.37. The first-order valence-corrected chi connectivity index (χ1v) is 10.5. The van der Waals surface area contributed by atoms with Crippen molar-refractivity contribution in [3.63, 3.8) is 0 Å². The van der Waals surface area contributed by atoms with Crippen molar-refractivity contribution in [2.24, 2.45) is 0 Å². The van der Waals surface area contributed by atoms with Crippen LogP contribution in [0.3, 0.4) is 0 Å². The van der Waals surface area contributed by atoms with E-state index in [9.17, 15) is 9.18 Å². The van der Waals surface area contributed by atoms with Crippen LogP contribution in [0.5, 0.6) is 0 Å². The number of piperidine rings is 1. The first-order valence-electron chi connectivity index (χ1n) is 10.5. The summed E-state index contributed by atoms with van der Waals surface area (Å²) in [6.45, 7) is 1.58. The number of hydrogen-bond acceptors (Lipinski definition) is 4. The number of aromatic nitrogens is 5. The summed E-state index contributed by atoms with van der Waals surface area (Å²) in [4.78, 5) is 14.9. The van der Waals surface area contributed by atoms with E-state index < -0.39 is 0 Å². The van der Waals surface area contributed by atoms with Crippen molar-refractivity contribution in [2.75, 3.05) is 11.9 Å². The number of fused-ring (bicyclic) bond motifs is 1. The Bertz CT molecular complexity index is 1060. The van der Waals surface area contributed by atoms with Crippen molar-refractivity contribution in [1.82, 2.24) is 29.4 Å². The molecule has 8 nitrogen and oxygen atoms in total. The summed E-state index contributed by atoms with van der Waals surface area (Å²) < 4.78 is 17.6. The van der Waals surface area contributed by atoms with E-state index in [1.807, 2.05) is 4.90 Å². The molecule has 1 N–H and O–H groups in total. The van der Waals surface area contributed by atoms with Gasteiger partial charge in [-0.1, -0.05) is 12.1 Å². The van der Waals surface area contributed by atoms with Gasteiger partial charge in [0.25, 0.3) is 0 Å². The minimum Gasteiger partial charge on any atom is -0.314 e. The zero-order valence-electron chi connectivity index (χ0n) is 16.7. The number of benzene rings is 1. The van der Waals surface area contributed by atoms with Gasteiger partial charge in [-0.3, -0.25) is 0 Å². The molecular weight excluding hydrogens is 385 g/mol. The van der Waals surface area contributed by atoms with Crippen molar-refractivity contribution in [2.45, 2.75) is 51.1 Å². The normalized spacial score (nSPS) is 18.8. The Morgan fingerprint density at radius 1 is 1.10 bits per heavy atom. The third kappa shape index (κ3) is 3.44. The maximum atomic E-state index is 14.0. The molecule has 0 saturated carbocycles. The van der Waals surface area contributed by atoms with Crippen LogP contribution < -0.4 is 5.32 Å². The minimum absolute atomic E-state index is 0.0836. The molecule has 5 rings (SSSR count). The van der Waals surface area contributed by atoms with Crippen LogP contribution in [0.1, 0.15) is 49.8 Å². The highest BCUT2D eigenvalue weighted by Crippen LogP contribution is 2.32. The smallest absolute Gasteiger partial charge is 0.314 e. The van der Waals surface area contributed by atoms with Gasteiger partial charge in [-0.05, 0) is 44.2 Å². The highest BCUT2D eigenvalue weighted by molar-refractivity contribution is 5.89. The number of nitrogens with zero attached hydrogens (tertiary/aromatic N) is 6. The SMILES string of the molecule is O=C(Nc1cnn(-c2ccccc2F)c1)N1CCCCC1c1nnc2n1CCCC2. The number of likely N-dealkylation sites (tertiary alicyclic amines) is 1. The maximum Gasteiger partial charge on any atom is 0.322 e. The highest BCUT2D eigenvalue weighted by Gasteiger charge is 2.33. The molecule has 1 fully saturated rings. The molecule has 1 unspecified atom stereocenters. The number of aryl methyl sites for hydroxylation is 1. The Morgan fingerprint density at radius 2 is 1.97 bits per heavy atom. The van der Waals surface area contributed by atoms with Crippen LogP contribution in [-0.4, -0.2) is 42.0 Å². The third-order valence-electron chi connectivity index (χ3n) is 5.88. The Hall–Kier alpha value is -3.23. The Kier molecular flexibility index (Phi) is 4.94. The minimum atomic E-state index is -0.369. The van der Waals surface area contributed by atoms with E-state index in [0.29, 0.717) is 17.9 Å². The molecule has 1 saturated heterocycles. The fourth-order valence-electron chi connectivity index (χ4n) is 4.37. The maximum absolute atomic E-state index is 14.0. The number of halogens is 1. The molecule has 1 atom stereocenters. The molecule has 30 heavy (non-hydrogen) atoms. The molecule has 0 aliphatic carbocycles. The summed E-state index contributed by atoms with van der Waals surface area (Å²) in [5.41, 5.74) is 0.861. The predicted molar refractivity (Wildman–Crippen MR) is 109 cm³/mol. The van der Waals surface area contributed by atoms with Gasteiger partial charge in [0.05, 0.1) is 24.1 Å². The van der Waals surface area contributed by atoms with E-state index in [1.165, 1.54) is 16.9 Å². The van der Waals surface area contributed by atoms with Gasteiger partial charge in [0.2, 0.25) is 0 Å². The first-order chi connectivity index (χ1) is 14.7. The number of anilines is 1. The molecule has 156 valence electrons. The average Bonchev–Trinajstić information content (AvgIpc) is 3.41. The second-order valence-corrected chi connectivity index (χ2v) is 7.84. The monoisotopic (exact) mass is 409 g/mol. The third-order valence-corrected chi connectivity index (χ3v) is 5.88. The Balaban J connectivity index is 1.35. The summed E-state index contributed by atoms with van der Waals surface area (Å²) in [6.07, 6.45) is 9.24. The van der Waals surface area contributed by atoms with Crippen molar-refractivity contribution in [3.05, 3.63) is 54.1 Å². The number of rotatable bonds is 3. The van der Waals surface area contributed by atoms with E-state index in [1.54, 1.807) is 24.4 Å². The molecule has 2 aromatic heterocycles. The lowest BCUT2D eigenvalue weighted by molar-refractivity contribution is 0.156. The number of para-hydroxylation sites is 1.